The molecule has 0 spiro atoms. The molecule has 0 bridgehead atoms. The lowest BCUT2D eigenvalue weighted by molar-refractivity contribution is 0.459. The van der Waals surface area contributed by atoms with E-state index < -0.39 is 0 Å². The first-order valence-electron chi connectivity index (χ1n) is 22.3. The number of aromatic nitrogens is 9. The number of halogens is 2. The molecule has 2 atom stereocenters. The summed E-state index contributed by atoms with van der Waals surface area (Å²) in [7, 11) is 0. The van der Waals surface area contributed by atoms with Gasteiger partial charge in [-0.3, -0.25) is 0 Å². The molecule has 3 aliphatic rings. The highest BCUT2D eigenvalue weighted by Crippen LogP contribution is 2.42. The first kappa shape index (κ1) is 42.0. The fraction of sp³-hybridized carbons (Fsp3) is 0.231. The van der Waals surface area contributed by atoms with E-state index in [1.807, 2.05) is 30.8 Å². The van der Waals surface area contributed by atoms with Crippen molar-refractivity contribution in [1.82, 2.24) is 43.6 Å². The Balaban J connectivity index is 0.000000146. The Kier molecular flexibility index (Phi) is 11.4. The van der Waals surface area contributed by atoms with Crippen molar-refractivity contribution in [2.24, 2.45) is 0 Å². The maximum atomic E-state index is 13.6. The average molecular weight is 913 g/mol. The maximum absolute atomic E-state index is 13.6. The van der Waals surface area contributed by atoms with E-state index >= 15 is 0 Å². The third kappa shape index (κ3) is 7.95. The molecule has 0 aliphatic carbocycles. The van der Waals surface area contributed by atoms with Gasteiger partial charge in [0.25, 0.3) is 0 Å². The lowest BCUT2D eigenvalue weighted by Gasteiger charge is -2.26. The summed E-state index contributed by atoms with van der Waals surface area (Å²) in [5.41, 5.74) is 11.2. The SMILES string of the molecule is CSc1nccc(-c2c(-c3ccc(F)cc3)nc3n2[C@H](CN2CCc4ccccc42)CC3)n1.CSc1nccc(-c2c(-c3ccc(F)cc3)nc3n2[C@H](Cn2ccc4ccccc42)CC3)n1. The molecule has 0 saturated carbocycles. The molecule has 0 N–H and O–H groups in total. The third-order valence-corrected chi connectivity index (χ3v) is 14.1. The van der Waals surface area contributed by atoms with E-state index in [9.17, 15) is 8.78 Å². The monoisotopic (exact) mass is 912 g/mol. The van der Waals surface area contributed by atoms with Gasteiger partial charge in [0.05, 0.1) is 46.2 Å². The standard InChI is InChI=1S/C26H24FN5S.C26H22FN5S/c2*1-33-26-28-14-12-21(29-26)25-24(18-6-8-19(27)9-7-18)30-23-11-10-20(32(23)25)16-31-15-13-17-4-2-3-5-22(17)31/h2-9,12,14,20H,10-11,13,15-16H2,1H3;2-9,12-15,20H,10-11,16H2,1H3/t2*20-/m00/s1. The summed E-state index contributed by atoms with van der Waals surface area (Å²) in [6.07, 6.45) is 14.7. The van der Waals surface area contributed by atoms with E-state index in [2.05, 4.69) is 89.4 Å². The fourth-order valence-corrected chi connectivity index (χ4v) is 10.6. The van der Waals surface area contributed by atoms with E-state index in [0.717, 1.165) is 119 Å². The molecule has 9 aromatic rings. The minimum absolute atomic E-state index is 0.246. The van der Waals surface area contributed by atoms with E-state index in [-0.39, 0.29) is 17.7 Å². The zero-order valence-corrected chi connectivity index (χ0v) is 38.2. The Bertz CT molecular complexity index is 3200. The molecule has 0 fully saturated rings. The number of thioether (sulfide) groups is 2. The van der Waals surface area contributed by atoms with Crippen LogP contribution in [0.3, 0.4) is 0 Å². The van der Waals surface area contributed by atoms with Gasteiger partial charge in [0.1, 0.15) is 23.3 Å². The number of rotatable bonds is 10. The van der Waals surface area contributed by atoms with Crippen molar-refractivity contribution in [3.63, 3.8) is 0 Å². The van der Waals surface area contributed by atoms with Gasteiger partial charge in [-0.25, -0.2) is 38.7 Å². The first-order valence-corrected chi connectivity index (χ1v) is 24.7. The lowest BCUT2D eigenvalue weighted by Crippen LogP contribution is -2.28. The zero-order chi connectivity index (χ0) is 44.7. The number of imidazole rings is 2. The van der Waals surface area contributed by atoms with Gasteiger partial charge in [-0.1, -0.05) is 59.9 Å². The second-order valence-corrected chi connectivity index (χ2v) is 18.3. The van der Waals surface area contributed by atoms with Gasteiger partial charge in [0, 0.05) is 73.4 Å². The van der Waals surface area contributed by atoms with Crippen LogP contribution in [0.5, 0.6) is 0 Å². The van der Waals surface area contributed by atoms with Crippen LogP contribution < -0.4 is 4.90 Å². The molecule has 330 valence electrons. The molecule has 3 aliphatic heterocycles. The summed E-state index contributed by atoms with van der Waals surface area (Å²) >= 11 is 3.04. The Morgan fingerprint density at radius 3 is 1.71 bits per heavy atom. The van der Waals surface area contributed by atoms with E-state index in [0.29, 0.717) is 6.04 Å². The van der Waals surface area contributed by atoms with Gasteiger partial charge >= 0.3 is 0 Å². The van der Waals surface area contributed by atoms with Crippen LogP contribution in [0.2, 0.25) is 0 Å². The summed E-state index contributed by atoms with van der Waals surface area (Å²) in [4.78, 5) is 30.9. The predicted octanol–water partition coefficient (Wildman–Crippen LogP) is 11.4. The van der Waals surface area contributed by atoms with Crippen molar-refractivity contribution in [2.75, 3.05) is 30.5 Å². The summed E-state index contributed by atoms with van der Waals surface area (Å²) < 4.78 is 34.3. The summed E-state index contributed by atoms with van der Waals surface area (Å²) in [5.74, 6) is 1.63. The third-order valence-electron chi connectivity index (χ3n) is 13.0. The van der Waals surface area contributed by atoms with Gasteiger partial charge in [-0.2, -0.15) is 0 Å². The molecule has 0 radical (unpaired) electrons. The molecular formula is C52H46F2N10S2. The van der Waals surface area contributed by atoms with E-state index in [1.165, 1.54) is 69.9 Å². The fourth-order valence-electron chi connectivity index (χ4n) is 9.92. The molecule has 10 nitrogen and oxygen atoms in total. The molecule has 0 saturated heterocycles. The van der Waals surface area contributed by atoms with Crippen molar-refractivity contribution in [3.8, 4) is 45.3 Å². The second-order valence-electron chi connectivity index (χ2n) is 16.8. The number of fused-ring (bicyclic) bond motifs is 4. The Hall–Kier alpha value is -6.64. The van der Waals surface area contributed by atoms with E-state index in [4.69, 9.17) is 19.9 Å². The van der Waals surface area contributed by atoms with Crippen LogP contribution in [0.1, 0.15) is 42.1 Å². The molecule has 14 heteroatoms. The van der Waals surface area contributed by atoms with Crippen LogP contribution in [0.25, 0.3) is 56.2 Å². The van der Waals surface area contributed by atoms with Crippen molar-refractivity contribution in [3.05, 3.63) is 163 Å². The molecule has 4 aromatic carbocycles. The van der Waals surface area contributed by atoms with Gasteiger partial charge in [-0.05, 0) is 122 Å². The van der Waals surface area contributed by atoms with Crippen molar-refractivity contribution >= 4 is 40.1 Å². The number of aryl methyl sites for hydroxylation is 2. The first-order chi connectivity index (χ1) is 32.4. The number of hydrogen-bond donors (Lipinski definition) is 0. The summed E-state index contributed by atoms with van der Waals surface area (Å²) in [5, 5.41) is 2.70. The Labute approximate surface area is 390 Å². The van der Waals surface area contributed by atoms with Crippen LogP contribution in [-0.2, 0) is 25.8 Å². The number of hydrogen-bond acceptors (Lipinski definition) is 9. The largest absolute Gasteiger partial charge is 0.369 e. The van der Waals surface area contributed by atoms with Crippen LogP contribution in [-0.4, -0.2) is 69.2 Å². The molecule has 0 amide bonds. The number of anilines is 1. The van der Waals surface area contributed by atoms with Crippen molar-refractivity contribution in [2.45, 2.75) is 61.0 Å². The smallest absolute Gasteiger partial charge is 0.187 e. The number of para-hydroxylation sites is 2. The Morgan fingerprint density at radius 2 is 1.12 bits per heavy atom. The van der Waals surface area contributed by atoms with Crippen LogP contribution >= 0.6 is 23.5 Å². The summed E-state index contributed by atoms with van der Waals surface area (Å²) in [6, 6.07) is 36.9. The highest BCUT2D eigenvalue weighted by atomic mass is 32.2. The van der Waals surface area contributed by atoms with Crippen molar-refractivity contribution in [1.29, 1.82) is 0 Å². The van der Waals surface area contributed by atoms with Crippen LogP contribution in [0.15, 0.2) is 144 Å². The van der Waals surface area contributed by atoms with E-state index in [1.54, 1.807) is 30.5 Å². The van der Waals surface area contributed by atoms with Crippen LogP contribution in [0.4, 0.5) is 14.5 Å². The number of nitrogens with zero attached hydrogens (tertiary/aromatic N) is 10. The van der Waals surface area contributed by atoms with Crippen LogP contribution in [0, 0.1) is 11.6 Å². The van der Waals surface area contributed by atoms with Gasteiger partial charge in [0.2, 0.25) is 0 Å². The second kappa shape index (κ2) is 18.0. The molecular weight excluding hydrogens is 867 g/mol. The Morgan fingerprint density at radius 1 is 0.576 bits per heavy atom. The molecule has 5 aromatic heterocycles. The van der Waals surface area contributed by atoms with Crippen molar-refractivity contribution < 1.29 is 8.78 Å². The average Bonchev–Trinajstić information content (AvgIpc) is 4.23. The minimum Gasteiger partial charge on any atom is -0.369 e. The van der Waals surface area contributed by atoms with Gasteiger partial charge in [0.15, 0.2) is 10.3 Å². The maximum Gasteiger partial charge on any atom is 0.187 e. The highest BCUT2D eigenvalue weighted by molar-refractivity contribution is 7.98. The summed E-state index contributed by atoms with van der Waals surface area (Å²) in [6.45, 7) is 2.84. The molecule has 0 unspecified atom stereocenters. The van der Waals surface area contributed by atoms with Gasteiger partial charge in [-0.15, -0.1) is 0 Å². The lowest BCUT2D eigenvalue weighted by atomic mass is 10.1. The molecule has 66 heavy (non-hydrogen) atoms. The zero-order valence-electron chi connectivity index (χ0n) is 36.6. The molecule has 8 heterocycles. The number of benzene rings is 4. The molecule has 12 rings (SSSR count). The highest BCUT2D eigenvalue weighted by Gasteiger charge is 2.34. The topological polar surface area (TPSA) is 95.4 Å². The predicted molar refractivity (Wildman–Crippen MR) is 260 cm³/mol. The quantitative estimate of drug-likeness (QED) is 0.0982. The minimum atomic E-state index is -0.254. The normalized spacial score (nSPS) is 16.0. The van der Waals surface area contributed by atoms with Gasteiger partial charge < -0.3 is 18.6 Å².